The Balaban J connectivity index is 1.45. The Morgan fingerprint density at radius 3 is 2.75 bits per heavy atom. The quantitative estimate of drug-likeness (QED) is 0.416. The van der Waals surface area contributed by atoms with Crippen LogP contribution < -0.4 is 10.6 Å². The molecule has 0 spiro atoms. The van der Waals surface area contributed by atoms with Crippen molar-refractivity contribution in [1.29, 1.82) is 0 Å². The molecule has 1 atom stereocenters. The molecule has 0 unspecified atom stereocenters. The molecule has 1 aliphatic heterocycles. The normalized spacial score (nSPS) is 14.2. The van der Waals surface area contributed by atoms with Crippen LogP contribution in [0.5, 0.6) is 0 Å². The number of fused-ring (bicyclic) bond motifs is 1. The van der Waals surface area contributed by atoms with Crippen LogP contribution in [-0.4, -0.2) is 44.6 Å². The number of anilines is 2. The second kappa shape index (κ2) is 9.82. The summed E-state index contributed by atoms with van der Waals surface area (Å²) < 4.78 is 39.2. The highest BCUT2D eigenvalue weighted by molar-refractivity contribution is 7.13. The highest BCUT2D eigenvalue weighted by Gasteiger charge is 2.33. The minimum Gasteiger partial charge on any atom is -0.323 e. The van der Waals surface area contributed by atoms with Crippen LogP contribution in [0.15, 0.2) is 30.7 Å². The molecule has 1 aliphatic rings. The van der Waals surface area contributed by atoms with Gasteiger partial charge in [-0.1, -0.05) is 18.5 Å². The Morgan fingerprint density at radius 2 is 2.03 bits per heavy atom. The molecule has 3 aromatic rings. The summed E-state index contributed by atoms with van der Waals surface area (Å²) in [5, 5.41) is 5.03. The fraction of sp³-hybridized carbons (Fsp3) is 0.273. The number of nitrogens with zero attached hydrogens (tertiary/aromatic N) is 4. The van der Waals surface area contributed by atoms with Gasteiger partial charge in [0.25, 0.3) is 5.91 Å². The van der Waals surface area contributed by atoms with E-state index in [2.05, 4.69) is 25.6 Å². The van der Waals surface area contributed by atoms with Crippen molar-refractivity contribution in [2.45, 2.75) is 32.0 Å². The third-order valence-corrected chi connectivity index (χ3v) is 6.92. The Labute approximate surface area is 211 Å². The zero-order valence-corrected chi connectivity index (χ0v) is 20.4. The van der Waals surface area contributed by atoms with Gasteiger partial charge in [-0.25, -0.2) is 19.7 Å². The van der Waals surface area contributed by atoms with Gasteiger partial charge >= 0.3 is 12.2 Å². The van der Waals surface area contributed by atoms with Gasteiger partial charge in [-0.15, -0.1) is 11.3 Å². The van der Waals surface area contributed by atoms with Crippen LogP contribution in [0.3, 0.4) is 0 Å². The van der Waals surface area contributed by atoms with Gasteiger partial charge in [0.1, 0.15) is 22.7 Å². The number of thiazole rings is 1. The third kappa shape index (κ3) is 5.31. The summed E-state index contributed by atoms with van der Waals surface area (Å²) in [4.78, 5) is 51.3. The van der Waals surface area contributed by atoms with E-state index in [9.17, 15) is 27.6 Å². The molecule has 0 saturated carbocycles. The maximum atomic E-state index is 13.1. The molecule has 0 aliphatic carbocycles. The minimum atomic E-state index is -4.67. The molecule has 3 amide bonds. The first-order valence-electron chi connectivity index (χ1n) is 10.5. The predicted octanol–water partition coefficient (Wildman–Crippen LogP) is 5.21. The zero-order valence-electron chi connectivity index (χ0n) is 18.8. The molecule has 0 saturated heterocycles. The van der Waals surface area contributed by atoms with Crippen LogP contribution in [0, 0.1) is 0 Å². The first kappa shape index (κ1) is 25.5. The summed E-state index contributed by atoms with van der Waals surface area (Å²) in [6, 6.07) is 2.74. The van der Waals surface area contributed by atoms with Crippen molar-refractivity contribution in [3.63, 3.8) is 0 Å². The van der Waals surface area contributed by atoms with Gasteiger partial charge in [-0.2, -0.15) is 13.2 Å². The van der Waals surface area contributed by atoms with E-state index in [4.69, 9.17) is 11.6 Å². The number of aromatic nitrogens is 3. The number of amides is 3. The Bertz CT molecular complexity index is 1360. The third-order valence-electron chi connectivity index (χ3n) is 5.37. The van der Waals surface area contributed by atoms with Gasteiger partial charge in [-0.05, 0) is 18.2 Å². The number of benzene rings is 1. The summed E-state index contributed by atoms with van der Waals surface area (Å²) in [6.45, 7) is 1.94. The van der Waals surface area contributed by atoms with Crippen molar-refractivity contribution >= 4 is 52.2 Å². The van der Waals surface area contributed by atoms with E-state index in [1.54, 1.807) is 14.0 Å². The Morgan fingerprint density at radius 1 is 1.28 bits per heavy atom. The van der Waals surface area contributed by atoms with Crippen LogP contribution in [-0.2, 0) is 12.7 Å². The van der Waals surface area contributed by atoms with Crippen molar-refractivity contribution in [2.75, 3.05) is 17.7 Å². The summed E-state index contributed by atoms with van der Waals surface area (Å²) >= 11 is 6.64. The van der Waals surface area contributed by atoms with Crippen LogP contribution >= 0.6 is 22.9 Å². The minimum absolute atomic E-state index is 0.0296. The topological polar surface area (TPSA) is 117 Å². The molecule has 188 valence electrons. The largest absolute Gasteiger partial charge is 0.417 e. The lowest BCUT2D eigenvalue weighted by Crippen LogP contribution is -2.37. The summed E-state index contributed by atoms with van der Waals surface area (Å²) in [6.07, 6.45) is -2.13. The number of urea groups is 1. The molecule has 36 heavy (non-hydrogen) atoms. The van der Waals surface area contributed by atoms with Crippen molar-refractivity contribution < 1.29 is 27.6 Å². The number of carbonyl (C=O) groups is 3. The number of nitrogens with one attached hydrogen (secondary N) is 2. The lowest BCUT2D eigenvalue weighted by atomic mass is 10.00. The standard InChI is InChI=1S/C22H18ClF3N6O3S/c1-10(5-15(33)17-12-8-32(2)21(35)31-18(12)29-9-28-17)20-27-7-16(36-20)19(34)30-11-3-4-14(23)13(6-11)22(24,25)26/h3-4,6-7,9-10H,5,8H2,1-2H3,(H,30,34)(H,28,29,31,35)/t10-/m0/s1. The van der Waals surface area contributed by atoms with Gasteiger partial charge < -0.3 is 10.2 Å². The van der Waals surface area contributed by atoms with Gasteiger partial charge in [0.2, 0.25) is 0 Å². The molecule has 4 rings (SSSR count). The molecule has 3 heterocycles. The van der Waals surface area contributed by atoms with Crippen molar-refractivity contribution in [3.05, 3.63) is 62.5 Å². The number of hydrogen-bond donors (Lipinski definition) is 2. The number of alkyl halides is 3. The van der Waals surface area contributed by atoms with Gasteiger partial charge in [-0.3, -0.25) is 14.9 Å². The van der Waals surface area contributed by atoms with Crippen LogP contribution in [0.1, 0.15) is 55.6 Å². The second-order valence-electron chi connectivity index (χ2n) is 8.07. The molecule has 0 radical (unpaired) electrons. The molecule has 0 bridgehead atoms. The Hall–Kier alpha value is -3.58. The molecule has 1 aromatic carbocycles. The summed E-state index contributed by atoms with van der Waals surface area (Å²) in [5.41, 5.74) is -0.425. The Kier molecular flexibility index (Phi) is 6.96. The van der Waals surface area contributed by atoms with E-state index < -0.39 is 22.7 Å². The summed E-state index contributed by atoms with van der Waals surface area (Å²) in [5.74, 6) is -1.02. The number of Topliss-reactive ketones (excluding diaryl/α,β-unsaturated/α-hetero) is 1. The van der Waals surface area contributed by atoms with E-state index in [0.717, 1.165) is 23.5 Å². The molecule has 2 N–H and O–H groups in total. The monoisotopic (exact) mass is 538 g/mol. The van der Waals surface area contributed by atoms with Crippen LogP contribution in [0.2, 0.25) is 5.02 Å². The highest BCUT2D eigenvalue weighted by atomic mass is 35.5. The first-order chi connectivity index (χ1) is 16.9. The lowest BCUT2D eigenvalue weighted by Gasteiger charge is -2.26. The molecule has 14 heteroatoms. The summed E-state index contributed by atoms with van der Waals surface area (Å²) in [7, 11) is 1.58. The molecular weight excluding hydrogens is 521 g/mol. The number of rotatable bonds is 6. The van der Waals surface area contributed by atoms with E-state index in [-0.39, 0.29) is 52.8 Å². The molecule has 2 aromatic heterocycles. The van der Waals surface area contributed by atoms with Crippen molar-refractivity contribution in [3.8, 4) is 0 Å². The SMILES string of the molecule is C[C@@H](CC(=O)c1ncnc2c1CN(C)C(=O)N2)c1ncc(C(=O)Nc2ccc(Cl)c(C(F)(F)F)c2)s1. The molecule has 9 nitrogen and oxygen atoms in total. The highest BCUT2D eigenvalue weighted by Crippen LogP contribution is 2.36. The number of ketones is 1. The van der Waals surface area contributed by atoms with E-state index >= 15 is 0 Å². The van der Waals surface area contributed by atoms with Gasteiger partial charge in [0, 0.05) is 30.6 Å². The smallest absolute Gasteiger partial charge is 0.323 e. The van der Waals surface area contributed by atoms with Crippen LogP contribution in [0.4, 0.5) is 29.5 Å². The van der Waals surface area contributed by atoms with E-state index in [0.29, 0.717) is 10.6 Å². The lowest BCUT2D eigenvalue weighted by molar-refractivity contribution is -0.137. The van der Waals surface area contributed by atoms with Crippen molar-refractivity contribution in [2.24, 2.45) is 0 Å². The number of hydrogen-bond acceptors (Lipinski definition) is 7. The number of carbonyl (C=O) groups excluding carboxylic acids is 3. The fourth-order valence-electron chi connectivity index (χ4n) is 3.51. The molecule has 0 fully saturated rings. The maximum absolute atomic E-state index is 13.1. The fourth-order valence-corrected chi connectivity index (χ4v) is 4.60. The van der Waals surface area contributed by atoms with Crippen LogP contribution in [0.25, 0.3) is 0 Å². The zero-order chi connectivity index (χ0) is 26.2. The van der Waals surface area contributed by atoms with Crippen molar-refractivity contribution in [1.82, 2.24) is 19.9 Å². The average Bonchev–Trinajstić information content (AvgIpc) is 3.31. The second-order valence-corrected chi connectivity index (χ2v) is 9.54. The van der Waals surface area contributed by atoms with E-state index in [1.807, 2.05) is 0 Å². The molecular formula is C22H18ClF3N6O3S. The van der Waals surface area contributed by atoms with Gasteiger partial charge in [0.05, 0.1) is 28.3 Å². The predicted molar refractivity (Wildman–Crippen MR) is 126 cm³/mol. The van der Waals surface area contributed by atoms with Gasteiger partial charge in [0.15, 0.2) is 5.78 Å². The van der Waals surface area contributed by atoms with E-state index in [1.165, 1.54) is 23.5 Å². The first-order valence-corrected chi connectivity index (χ1v) is 11.7. The maximum Gasteiger partial charge on any atom is 0.417 e. The average molecular weight is 539 g/mol. The number of halogens is 4.